The Bertz CT molecular complexity index is 69.0. The fourth-order valence-corrected chi connectivity index (χ4v) is 0. The second-order valence-electron chi connectivity index (χ2n) is 0.806. The Kier molecular flexibility index (Phi) is 27.5. The molecular formula is C4H7O4Pd-. The summed E-state index contributed by atoms with van der Waals surface area (Å²) >= 11 is 0. The summed E-state index contributed by atoms with van der Waals surface area (Å²) in [5, 5.41) is 7.42. The molecule has 0 rings (SSSR count). The molecule has 0 saturated heterocycles. The van der Waals surface area contributed by atoms with Crippen LogP contribution in [0.3, 0.4) is 0 Å². The van der Waals surface area contributed by atoms with Crippen LogP contribution >= 0.6 is 0 Å². The van der Waals surface area contributed by atoms with E-state index in [0.29, 0.717) is 0 Å². The van der Waals surface area contributed by atoms with Gasteiger partial charge >= 0.3 is 0 Å². The zero-order chi connectivity index (χ0) is 6.99. The van der Waals surface area contributed by atoms with Crippen LogP contribution in [0.4, 0.5) is 0 Å². The van der Waals surface area contributed by atoms with Crippen molar-refractivity contribution in [2.75, 3.05) is 7.11 Å². The first-order valence-electron chi connectivity index (χ1n) is 1.74. The van der Waals surface area contributed by atoms with Gasteiger partial charge in [0.1, 0.15) is 0 Å². The molecule has 0 aromatic carbocycles. The van der Waals surface area contributed by atoms with Crippen molar-refractivity contribution >= 4 is 12.4 Å². The summed E-state index contributed by atoms with van der Waals surface area (Å²) in [6, 6.07) is 0. The molecule has 0 aliphatic carbocycles. The number of hydrogen-bond donors (Lipinski definition) is 1. The van der Waals surface area contributed by atoms with Gasteiger partial charge in [0.15, 0.2) is 0 Å². The van der Waals surface area contributed by atoms with Crippen molar-refractivity contribution in [1.29, 1.82) is 0 Å². The molecule has 0 heterocycles. The smallest absolute Gasteiger partial charge is 0.300 e. The van der Waals surface area contributed by atoms with Crippen molar-refractivity contribution < 1.29 is 39.9 Å². The molecule has 0 unspecified atom stereocenters. The molecular weight excluding hydrogens is 218 g/mol. The van der Waals surface area contributed by atoms with E-state index in [0.717, 1.165) is 6.92 Å². The summed E-state index contributed by atoms with van der Waals surface area (Å²) in [7, 11) is 1.26. The minimum absolute atomic E-state index is 0. The first-order valence-corrected chi connectivity index (χ1v) is 1.74. The van der Waals surface area contributed by atoms with Crippen LogP contribution in [0, 0.1) is 0 Å². The van der Waals surface area contributed by atoms with E-state index in [1.54, 1.807) is 0 Å². The fourth-order valence-electron chi connectivity index (χ4n) is 0. The summed E-state index contributed by atoms with van der Waals surface area (Å²) in [5.41, 5.74) is 0. The summed E-state index contributed by atoms with van der Waals surface area (Å²) in [4.78, 5) is 17.8. The van der Waals surface area contributed by atoms with Crippen LogP contribution in [0.5, 0.6) is 0 Å². The standard InChI is InChI=1S/C2H3O2.C2H4O2.Pd/c1-4-2-3;1-2(3)4;/h1H3;1H3,(H,3,4);/q-1;;. The predicted octanol–water partition coefficient (Wildman–Crippen LogP) is -0.212. The maximum absolute atomic E-state index is 9.00. The molecule has 0 aromatic heterocycles. The van der Waals surface area contributed by atoms with Crippen molar-refractivity contribution in [2.45, 2.75) is 6.92 Å². The van der Waals surface area contributed by atoms with Crippen molar-refractivity contribution in [3.05, 3.63) is 0 Å². The molecule has 0 aliphatic rings. The van der Waals surface area contributed by atoms with E-state index < -0.39 is 5.97 Å². The molecule has 9 heavy (non-hydrogen) atoms. The van der Waals surface area contributed by atoms with E-state index in [2.05, 4.69) is 4.74 Å². The number of methoxy groups -OCH3 is 1. The quantitative estimate of drug-likeness (QED) is 0.495. The Hall–Kier alpha value is -0.398. The van der Waals surface area contributed by atoms with Crippen molar-refractivity contribution in [1.82, 2.24) is 0 Å². The number of carboxylic acids is 1. The number of ether oxygens (including phenoxy) is 1. The Balaban J connectivity index is -0.0000000720. The van der Waals surface area contributed by atoms with Crippen LogP contribution in [0.1, 0.15) is 6.92 Å². The van der Waals surface area contributed by atoms with E-state index >= 15 is 0 Å². The van der Waals surface area contributed by atoms with Crippen LogP contribution in [0.2, 0.25) is 0 Å². The van der Waals surface area contributed by atoms with E-state index in [-0.39, 0.29) is 20.4 Å². The maximum Gasteiger partial charge on any atom is 0.300 e. The average molecular weight is 226 g/mol. The molecule has 5 heteroatoms. The number of rotatable bonds is 1. The van der Waals surface area contributed by atoms with Crippen molar-refractivity contribution in [2.24, 2.45) is 0 Å². The van der Waals surface area contributed by atoms with Gasteiger partial charge < -0.3 is 14.6 Å². The normalized spacial score (nSPS) is 5.11. The van der Waals surface area contributed by atoms with Gasteiger partial charge in [0.2, 0.25) is 0 Å². The molecule has 0 fully saturated rings. The number of carbonyl (C=O) groups excluding carboxylic acids is 1. The van der Waals surface area contributed by atoms with Gasteiger partial charge in [-0.25, -0.2) is 0 Å². The third-order valence-electron chi connectivity index (χ3n) is 0.0833. The molecule has 0 radical (unpaired) electrons. The minimum atomic E-state index is -0.833. The molecule has 0 atom stereocenters. The van der Waals surface area contributed by atoms with E-state index in [1.807, 2.05) is 0 Å². The fraction of sp³-hybridized carbons (Fsp3) is 0.500. The van der Waals surface area contributed by atoms with Gasteiger partial charge in [0.25, 0.3) is 5.97 Å². The Morgan fingerprint density at radius 2 is 1.78 bits per heavy atom. The topological polar surface area (TPSA) is 63.6 Å². The van der Waals surface area contributed by atoms with Gasteiger partial charge in [-0.3, -0.25) is 4.79 Å². The number of hydrogen-bond acceptors (Lipinski definition) is 3. The number of aliphatic carboxylic acids is 1. The van der Waals surface area contributed by atoms with Crippen LogP contribution in [0.25, 0.3) is 0 Å². The first-order chi connectivity index (χ1) is 3.65. The van der Waals surface area contributed by atoms with Crippen LogP contribution in [0.15, 0.2) is 0 Å². The van der Waals surface area contributed by atoms with Crippen LogP contribution in [-0.2, 0) is 34.7 Å². The van der Waals surface area contributed by atoms with E-state index in [4.69, 9.17) is 14.7 Å². The van der Waals surface area contributed by atoms with Crippen LogP contribution < -0.4 is 0 Å². The SMILES string of the molecule is CC(=O)O.CO[C-]=O.[Pd]. The Morgan fingerprint density at radius 3 is 1.78 bits per heavy atom. The van der Waals surface area contributed by atoms with Crippen molar-refractivity contribution in [3.8, 4) is 0 Å². The van der Waals surface area contributed by atoms with Crippen LogP contribution in [-0.4, -0.2) is 24.7 Å². The second kappa shape index (κ2) is 15.6. The molecule has 4 nitrogen and oxygen atoms in total. The molecule has 0 saturated carbocycles. The summed E-state index contributed by atoms with van der Waals surface area (Å²) in [6.07, 6.45) is 0. The molecule has 1 N–H and O–H groups in total. The van der Waals surface area contributed by atoms with Gasteiger partial charge in [-0.15, -0.1) is 0 Å². The van der Waals surface area contributed by atoms with Gasteiger partial charge in [-0.05, 0) is 0 Å². The third-order valence-corrected chi connectivity index (χ3v) is 0.0833. The monoisotopic (exact) mass is 225 g/mol. The molecule has 0 amide bonds. The van der Waals surface area contributed by atoms with E-state index in [9.17, 15) is 0 Å². The Morgan fingerprint density at radius 1 is 1.67 bits per heavy atom. The van der Waals surface area contributed by atoms with Gasteiger partial charge in [-0.2, -0.15) is 0 Å². The first kappa shape index (κ1) is 15.8. The molecule has 58 valence electrons. The largest absolute Gasteiger partial charge is 0.655 e. The molecule has 0 spiro atoms. The van der Waals surface area contributed by atoms with E-state index in [1.165, 1.54) is 13.6 Å². The van der Waals surface area contributed by atoms with Crippen molar-refractivity contribution in [3.63, 3.8) is 0 Å². The van der Waals surface area contributed by atoms with Gasteiger partial charge in [0, 0.05) is 34.5 Å². The molecule has 0 aliphatic heterocycles. The van der Waals surface area contributed by atoms with Gasteiger partial charge in [0.05, 0.1) is 0 Å². The zero-order valence-electron chi connectivity index (χ0n) is 4.99. The van der Waals surface area contributed by atoms with Gasteiger partial charge in [-0.1, -0.05) is 6.47 Å². The summed E-state index contributed by atoms with van der Waals surface area (Å²) in [5.74, 6) is -0.833. The Labute approximate surface area is 66.8 Å². The predicted molar refractivity (Wildman–Crippen MR) is 26.0 cm³/mol. The number of carbonyl (C=O) groups is 1. The second-order valence-corrected chi connectivity index (χ2v) is 0.806. The molecule has 0 aromatic rings. The third kappa shape index (κ3) is 658. The minimum Gasteiger partial charge on any atom is -0.655 e. The number of carboxylic acid groups (broad SMARTS) is 1. The zero-order valence-corrected chi connectivity index (χ0v) is 6.54. The maximum atomic E-state index is 9.00. The summed E-state index contributed by atoms with van der Waals surface area (Å²) in [6.45, 7) is 2.26. The summed E-state index contributed by atoms with van der Waals surface area (Å²) < 4.78 is 3.74. The molecule has 0 bridgehead atoms. The average Bonchev–Trinajstić information content (AvgIpc) is 1.65.